The fourth-order valence-corrected chi connectivity index (χ4v) is 7.12. The Morgan fingerprint density at radius 1 is 0.868 bits per heavy atom. The van der Waals surface area contributed by atoms with Crippen molar-refractivity contribution < 1.29 is 0 Å². The van der Waals surface area contributed by atoms with E-state index in [2.05, 4.69) is 74.8 Å². The monoisotopic (exact) mass is 522 g/mol. The van der Waals surface area contributed by atoms with Gasteiger partial charge in [-0.05, 0) is 37.3 Å². The van der Waals surface area contributed by atoms with Crippen LogP contribution in [0.3, 0.4) is 0 Å². The van der Waals surface area contributed by atoms with Crippen molar-refractivity contribution in [3.8, 4) is 11.4 Å². The number of hydrogen-bond acceptors (Lipinski definition) is 6. The molecule has 0 spiro atoms. The van der Waals surface area contributed by atoms with E-state index >= 15 is 0 Å². The molecule has 1 aliphatic carbocycles. The average Bonchev–Trinajstić information content (AvgIpc) is 3.60. The van der Waals surface area contributed by atoms with E-state index in [0.717, 1.165) is 60.8 Å². The van der Waals surface area contributed by atoms with Crippen LogP contribution < -0.4 is 5.32 Å². The van der Waals surface area contributed by atoms with Gasteiger partial charge in [0.05, 0.1) is 6.33 Å². The zero-order chi connectivity index (χ0) is 25.3. The summed E-state index contributed by atoms with van der Waals surface area (Å²) in [6.45, 7) is 3.19. The molecule has 1 saturated heterocycles. The second kappa shape index (κ2) is 10.5. The highest BCUT2D eigenvalue weighted by Crippen LogP contribution is 2.36. The van der Waals surface area contributed by atoms with Gasteiger partial charge in [0.2, 0.25) is 0 Å². The van der Waals surface area contributed by atoms with Crippen molar-refractivity contribution in [2.75, 3.05) is 18.4 Å². The molecule has 4 heterocycles. The van der Waals surface area contributed by atoms with Gasteiger partial charge in [0.15, 0.2) is 17.3 Å². The van der Waals surface area contributed by atoms with Crippen molar-refractivity contribution in [2.45, 2.75) is 63.6 Å². The molecule has 0 atom stereocenters. The molecule has 2 aliphatic rings. The first kappa shape index (κ1) is 23.8. The van der Waals surface area contributed by atoms with Crippen LogP contribution in [-0.4, -0.2) is 43.6 Å². The van der Waals surface area contributed by atoms with Crippen LogP contribution in [0.5, 0.6) is 0 Å². The molecular weight excluding hydrogens is 488 g/mol. The zero-order valence-corrected chi connectivity index (χ0v) is 22.5. The lowest BCUT2D eigenvalue weighted by Crippen LogP contribution is -2.38. The minimum Gasteiger partial charge on any atom is -0.365 e. The number of imidazole rings is 1. The number of hydrogen-bond donors (Lipinski definition) is 1. The largest absolute Gasteiger partial charge is 0.365 e. The molecule has 0 radical (unpaired) electrons. The van der Waals surface area contributed by atoms with E-state index in [-0.39, 0.29) is 0 Å². The van der Waals surface area contributed by atoms with Gasteiger partial charge in [-0.3, -0.25) is 4.90 Å². The van der Waals surface area contributed by atoms with Crippen LogP contribution in [0.1, 0.15) is 56.6 Å². The number of piperidine rings is 1. The quantitative estimate of drug-likeness (QED) is 0.254. The summed E-state index contributed by atoms with van der Waals surface area (Å²) in [7, 11) is 0. The summed E-state index contributed by atoms with van der Waals surface area (Å²) in [4.78, 5) is 17.7. The smallest absolute Gasteiger partial charge is 0.166 e. The van der Waals surface area contributed by atoms with E-state index in [1.165, 1.54) is 47.8 Å². The predicted octanol–water partition coefficient (Wildman–Crippen LogP) is 7.29. The number of benzene rings is 2. The highest BCUT2D eigenvalue weighted by atomic mass is 32.1. The van der Waals surface area contributed by atoms with Crippen LogP contribution >= 0.6 is 11.3 Å². The van der Waals surface area contributed by atoms with Gasteiger partial charge in [0.1, 0.15) is 5.52 Å². The fourth-order valence-electron chi connectivity index (χ4n) is 6.19. The van der Waals surface area contributed by atoms with Crippen molar-refractivity contribution in [2.24, 2.45) is 0 Å². The summed E-state index contributed by atoms with van der Waals surface area (Å²) in [5.41, 5.74) is 4.38. The van der Waals surface area contributed by atoms with Crippen LogP contribution in [0, 0.1) is 0 Å². The number of likely N-dealkylation sites (tertiary alicyclic amines) is 1. The third-order valence-corrected chi connectivity index (χ3v) is 9.25. The lowest BCUT2D eigenvalue weighted by atomic mass is 9.95. The second-order valence-electron chi connectivity index (χ2n) is 10.8. The number of anilines is 1. The standard InChI is InChI=1S/C31H34N6S/c1-3-9-22(10-4-1)19-36-17-15-23(16-18-36)33-30-28-31(37(21-32-28)24-11-5-2-6-12-24)35-29(34-30)26-20-38-27-14-8-7-13-25(26)27/h1,3-4,7-10,13-14,20-21,23-24H,2,5-6,11-12,15-19H2,(H,33,34,35). The number of nitrogens with one attached hydrogen (secondary N) is 1. The topological polar surface area (TPSA) is 58.9 Å². The molecular formula is C31H34N6S. The van der Waals surface area contributed by atoms with Gasteiger partial charge in [-0.25, -0.2) is 15.0 Å². The lowest BCUT2D eigenvalue weighted by Gasteiger charge is -2.32. The Hall–Kier alpha value is -3.29. The molecule has 3 aromatic heterocycles. The Kier molecular flexibility index (Phi) is 6.55. The third kappa shape index (κ3) is 4.69. The molecule has 6 nitrogen and oxygen atoms in total. The molecule has 1 aliphatic heterocycles. The van der Waals surface area contributed by atoms with Gasteiger partial charge in [-0.2, -0.15) is 0 Å². The lowest BCUT2D eigenvalue weighted by molar-refractivity contribution is 0.211. The SMILES string of the molecule is c1ccc(CN2CCC(Nc3nc(-c4csc5ccccc45)nc4c3ncn4C3CCCCC3)CC2)cc1. The van der Waals surface area contributed by atoms with Crippen LogP contribution in [0.2, 0.25) is 0 Å². The number of rotatable bonds is 6. The Balaban J connectivity index is 1.19. The van der Waals surface area contributed by atoms with E-state index in [0.29, 0.717) is 12.1 Å². The Morgan fingerprint density at radius 2 is 1.66 bits per heavy atom. The summed E-state index contributed by atoms with van der Waals surface area (Å²) < 4.78 is 3.61. The van der Waals surface area contributed by atoms with E-state index in [4.69, 9.17) is 15.0 Å². The van der Waals surface area contributed by atoms with E-state index in [1.54, 1.807) is 11.3 Å². The minimum absolute atomic E-state index is 0.382. The van der Waals surface area contributed by atoms with E-state index < -0.39 is 0 Å². The molecule has 1 saturated carbocycles. The first-order valence-electron chi connectivity index (χ1n) is 14.1. The molecule has 38 heavy (non-hydrogen) atoms. The maximum atomic E-state index is 5.16. The minimum atomic E-state index is 0.382. The molecule has 0 bridgehead atoms. The molecule has 2 aromatic carbocycles. The summed E-state index contributed by atoms with van der Waals surface area (Å²) in [6.07, 6.45) is 10.5. The van der Waals surface area contributed by atoms with Gasteiger partial charge in [0.25, 0.3) is 0 Å². The summed E-state index contributed by atoms with van der Waals surface area (Å²) >= 11 is 1.76. The van der Waals surface area contributed by atoms with Crippen LogP contribution in [0.25, 0.3) is 32.6 Å². The van der Waals surface area contributed by atoms with E-state index in [9.17, 15) is 0 Å². The van der Waals surface area contributed by atoms with Gasteiger partial charge in [-0.1, -0.05) is 67.8 Å². The van der Waals surface area contributed by atoms with Crippen molar-refractivity contribution in [3.05, 3.63) is 71.9 Å². The van der Waals surface area contributed by atoms with Crippen LogP contribution in [0.4, 0.5) is 5.82 Å². The van der Waals surface area contributed by atoms with Crippen molar-refractivity contribution in [3.63, 3.8) is 0 Å². The highest BCUT2D eigenvalue weighted by Gasteiger charge is 2.25. The molecule has 1 N–H and O–H groups in total. The fraction of sp³-hybridized carbons (Fsp3) is 0.387. The van der Waals surface area contributed by atoms with Gasteiger partial charge in [-0.15, -0.1) is 11.3 Å². The molecule has 5 aromatic rings. The molecule has 0 amide bonds. The maximum absolute atomic E-state index is 5.16. The number of thiophene rings is 1. The number of aromatic nitrogens is 4. The van der Waals surface area contributed by atoms with Crippen LogP contribution in [-0.2, 0) is 6.54 Å². The average molecular weight is 523 g/mol. The normalized spacial score (nSPS) is 17.9. The molecule has 194 valence electrons. The van der Waals surface area contributed by atoms with Crippen molar-refractivity contribution in [1.29, 1.82) is 0 Å². The number of nitrogens with zero attached hydrogens (tertiary/aromatic N) is 5. The van der Waals surface area contributed by atoms with Gasteiger partial charge in [0, 0.05) is 52.7 Å². The summed E-state index contributed by atoms with van der Waals surface area (Å²) in [6, 6.07) is 20.2. The molecule has 0 unspecified atom stereocenters. The van der Waals surface area contributed by atoms with Gasteiger partial charge >= 0.3 is 0 Å². The first-order chi connectivity index (χ1) is 18.8. The van der Waals surface area contributed by atoms with Crippen molar-refractivity contribution >= 4 is 38.4 Å². The highest BCUT2D eigenvalue weighted by molar-refractivity contribution is 7.17. The van der Waals surface area contributed by atoms with E-state index in [1.807, 2.05) is 6.33 Å². The first-order valence-corrected chi connectivity index (χ1v) is 14.9. The Morgan fingerprint density at radius 3 is 2.50 bits per heavy atom. The summed E-state index contributed by atoms with van der Waals surface area (Å²) in [5, 5.41) is 7.25. The molecule has 7 rings (SSSR count). The van der Waals surface area contributed by atoms with Crippen LogP contribution in [0.15, 0.2) is 66.3 Å². The summed E-state index contributed by atoms with van der Waals surface area (Å²) in [5.74, 6) is 1.69. The number of fused-ring (bicyclic) bond motifs is 2. The van der Waals surface area contributed by atoms with Gasteiger partial charge < -0.3 is 9.88 Å². The molecule has 2 fully saturated rings. The molecule has 7 heteroatoms. The van der Waals surface area contributed by atoms with Crippen molar-refractivity contribution in [1.82, 2.24) is 24.4 Å². The third-order valence-electron chi connectivity index (χ3n) is 8.29. The Labute approximate surface area is 227 Å². The maximum Gasteiger partial charge on any atom is 0.166 e. The zero-order valence-electron chi connectivity index (χ0n) is 21.7. The second-order valence-corrected chi connectivity index (χ2v) is 11.7. The predicted molar refractivity (Wildman–Crippen MR) is 157 cm³/mol. The Bertz CT molecular complexity index is 1530.